The van der Waals surface area contributed by atoms with E-state index in [9.17, 15) is 13.6 Å². The highest BCUT2D eigenvalue weighted by Crippen LogP contribution is 2.39. The maximum Gasteiger partial charge on any atom is 0.342 e. The molecule has 0 atom stereocenters. The second-order valence-electron chi connectivity index (χ2n) is 6.85. The van der Waals surface area contributed by atoms with E-state index in [1.807, 2.05) is 25.2 Å². The fourth-order valence-corrected chi connectivity index (χ4v) is 2.97. The van der Waals surface area contributed by atoms with Crippen LogP contribution < -0.4 is 4.90 Å². The van der Waals surface area contributed by atoms with Gasteiger partial charge in [0.2, 0.25) is 9.04 Å². The quantitative estimate of drug-likeness (QED) is 0.623. The van der Waals surface area contributed by atoms with Crippen LogP contribution in [-0.2, 0) is 21.2 Å². The van der Waals surface area contributed by atoms with Gasteiger partial charge in [0.05, 0.1) is 13.2 Å². The zero-order valence-electron chi connectivity index (χ0n) is 13.7. The van der Waals surface area contributed by atoms with Gasteiger partial charge in [-0.25, -0.2) is 0 Å². The Kier molecular flexibility index (Phi) is 4.46. The second-order valence-corrected chi connectivity index (χ2v) is 8.95. The molecule has 3 nitrogen and oxygen atoms in total. The molecule has 0 N–H and O–H groups in total. The number of rotatable bonds is 4. The molecule has 121 valence electrons. The highest BCUT2D eigenvalue weighted by molar-refractivity contribution is 6.48. The van der Waals surface area contributed by atoms with E-state index in [1.54, 1.807) is 6.07 Å². The molecule has 0 aromatic heterocycles. The van der Waals surface area contributed by atoms with Gasteiger partial charge in [0.25, 0.3) is 5.91 Å². The summed E-state index contributed by atoms with van der Waals surface area (Å²) in [5, 5.41) is 0. The Morgan fingerprint density at radius 1 is 1.32 bits per heavy atom. The summed E-state index contributed by atoms with van der Waals surface area (Å²) in [7, 11) is -0.912. The van der Waals surface area contributed by atoms with Gasteiger partial charge in [-0.1, -0.05) is 32.9 Å². The standard InChI is InChI=1S/C16H22F2NO2Si/c1-15(2,3)12-7-6-8-13(11(12)9-21-22(4)5)19-10-16(17,18)14(19)20/h6-8H,9-10H2,1-5H3. The van der Waals surface area contributed by atoms with Crippen molar-refractivity contribution in [3.63, 3.8) is 0 Å². The van der Waals surface area contributed by atoms with E-state index in [0.29, 0.717) is 12.3 Å². The molecular formula is C16H22F2NO2Si. The molecule has 1 aromatic carbocycles. The van der Waals surface area contributed by atoms with E-state index >= 15 is 0 Å². The molecule has 1 fully saturated rings. The number of carbonyl (C=O) groups is 1. The second kappa shape index (κ2) is 5.74. The van der Waals surface area contributed by atoms with E-state index in [-0.39, 0.29) is 5.41 Å². The molecule has 6 heteroatoms. The number of nitrogens with zero attached hydrogens (tertiary/aromatic N) is 1. The minimum atomic E-state index is -3.24. The average molecular weight is 326 g/mol. The number of carbonyl (C=O) groups excluding carboxylic acids is 1. The summed E-state index contributed by atoms with van der Waals surface area (Å²) >= 11 is 0. The number of amides is 1. The highest BCUT2D eigenvalue weighted by atomic mass is 28.3. The number of hydrogen-bond acceptors (Lipinski definition) is 2. The number of β-lactam (4-membered cyclic amide) rings is 1. The van der Waals surface area contributed by atoms with E-state index in [4.69, 9.17) is 4.43 Å². The Morgan fingerprint density at radius 3 is 2.41 bits per heavy atom. The number of halogens is 2. The molecule has 22 heavy (non-hydrogen) atoms. The van der Waals surface area contributed by atoms with Gasteiger partial charge in [-0.3, -0.25) is 4.79 Å². The minimum absolute atomic E-state index is 0.153. The molecule has 0 unspecified atom stereocenters. The summed E-state index contributed by atoms with van der Waals surface area (Å²) in [5.41, 5.74) is 2.26. The Labute approximate surface area is 132 Å². The molecule has 1 aromatic rings. The SMILES string of the molecule is C[Si](C)OCc1c(N2CC(F)(F)C2=O)cccc1C(C)(C)C. The number of benzene rings is 1. The zero-order chi connectivity index (χ0) is 16.7. The van der Waals surface area contributed by atoms with Gasteiger partial charge in [0.1, 0.15) is 0 Å². The molecular weight excluding hydrogens is 304 g/mol. The lowest BCUT2D eigenvalue weighted by Crippen LogP contribution is -2.62. The molecule has 1 amide bonds. The van der Waals surface area contributed by atoms with Crippen molar-refractivity contribution in [3.05, 3.63) is 29.3 Å². The van der Waals surface area contributed by atoms with Gasteiger partial charge in [0, 0.05) is 11.3 Å². The first-order chi connectivity index (χ1) is 10.0. The van der Waals surface area contributed by atoms with Gasteiger partial charge < -0.3 is 9.33 Å². The molecule has 0 spiro atoms. The maximum absolute atomic E-state index is 13.2. The van der Waals surface area contributed by atoms with Crippen molar-refractivity contribution in [1.29, 1.82) is 0 Å². The van der Waals surface area contributed by atoms with Crippen LogP contribution in [-0.4, -0.2) is 27.4 Å². The summed E-state index contributed by atoms with van der Waals surface area (Å²) in [5.74, 6) is -4.36. The summed E-state index contributed by atoms with van der Waals surface area (Å²) in [6.45, 7) is 10.0. The molecule has 1 aliphatic rings. The van der Waals surface area contributed by atoms with Crippen LogP contribution in [0, 0.1) is 0 Å². The van der Waals surface area contributed by atoms with Crippen LogP contribution in [0.3, 0.4) is 0 Å². The summed E-state index contributed by atoms with van der Waals surface area (Å²) < 4.78 is 32.2. The third kappa shape index (κ3) is 3.22. The number of hydrogen-bond donors (Lipinski definition) is 0. The topological polar surface area (TPSA) is 29.5 Å². The molecule has 1 saturated heterocycles. The third-order valence-corrected chi connectivity index (χ3v) is 4.39. The van der Waals surface area contributed by atoms with Gasteiger partial charge in [-0.05, 0) is 30.1 Å². The predicted octanol–water partition coefficient (Wildman–Crippen LogP) is 3.73. The molecule has 2 rings (SSSR count). The fourth-order valence-electron chi connectivity index (χ4n) is 2.54. The molecule has 1 radical (unpaired) electrons. The maximum atomic E-state index is 13.2. The Hall–Kier alpha value is -1.27. The van der Waals surface area contributed by atoms with E-state index in [2.05, 4.69) is 20.8 Å². The predicted molar refractivity (Wildman–Crippen MR) is 84.7 cm³/mol. The Bertz CT molecular complexity index is 582. The first kappa shape index (κ1) is 17.1. The number of alkyl halides is 2. The largest absolute Gasteiger partial charge is 0.413 e. The third-order valence-electron chi connectivity index (χ3n) is 3.67. The lowest BCUT2D eigenvalue weighted by atomic mass is 9.83. The van der Waals surface area contributed by atoms with Crippen LogP contribution >= 0.6 is 0 Å². The van der Waals surface area contributed by atoms with Crippen molar-refractivity contribution in [2.45, 2.75) is 51.8 Å². The normalized spacial score (nSPS) is 17.8. The van der Waals surface area contributed by atoms with Crippen molar-refractivity contribution < 1.29 is 18.0 Å². The van der Waals surface area contributed by atoms with Crippen LogP contribution in [0.1, 0.15) is 31.9 Å². The van der Waals surface area contributed by atoms with Crippen LogP contribution in [0.5, 0.6) is 0 Å². The number of anilines is 1. The molecule has 0 aliphatic carbocycles. The smallest absolute Gasteiger partial charge is 0.342 e. The first-order valence-corrected chi connectivity index (χ1v) is 9.70. The Morgan fingerprint density at radius 2 is 1.95 bits per heavy atom. The van der Waals surface area contributed by atoms with E-state index in [0.717, 1.165) is 16.0 Å². The van der Waals surface area contributed by atoms with Crippen molar-refractivity contribution in [3.8, 4) is 0 Å². The molecule has 1 aliphatic heterocycles. The molecule has 0 saturated carbocycles. The molecule has 0 bridgehead atoms. The van der Waals surface area contributed by atoms with Crippen LogP contribution in [0.4, 0.5) is 14.5 Å². The lowest BCUT2D eigenvalue weighted by molar-refractivity contribution is -0.152. The minimum Gasteiger partial charge on any atom is -0.413 e. The monoisotopic (exact) mass is 326 g/mol. The van der Waals surface area contributed by atoms with Crippen molar-refractivity contribution >= 4 is 20.6 Å². The molecule has 1 heterocycles. The van der Waals surface area contributed by atoms with Crippen molar-refractivity contribution in [2.24, 2.45) is 0 Å². The highest BCUT2D eigenvalue weighted by Gasteiger charge is 2.55. The van der Waals surface area contributed by atoms with Crippen molar-refractivity contribution in [2.75, 3.05) is 11.4 Å². The fraction of sp³-hybridized carbons (Fsp3) is 0.562. The average Bonchev–Trinajstić information content (AvgIpc) is 2.41. The summed E-state index contributed by atoms with van der Waals surface area (Å²) in [6, 6.07) is 5.51. The van der Waals surface area contributed by atoms with Gasteiger partial charge in [0.15, 0.2) is 0 Å². The van der Waals surface area contributed by atoms with E-state index in [1.165, 1.54) is 0 Å². The van der Waals surface area contributed by atoms with Crippen LogP contribution in [0.2, 0.25) is 13.1 Å². The van der Waals surface area contributed by atoms with Gasteiger partial charge >= 0.3 is 5.92 Å². The lowest BCUT2D eigenvalue weighted by Gasteiger charge is -2.39. The van der Waals surface area contributed by atoms with E-state index < -0.39 is 27.4 Å². The van der Waals surface area contributed by atoms with Crippen LogP contribution in [0.25, 0.3) is 0 Å². The first-order valence-electron chi connectivity index (χ1n) is 7.29. The van der Waals surface area contributed by atoms with Gasteiger partial charge in [-0.2, -0.15) is 8.78 Å². The summed E-state index contributed by atoms with van der Waals surface area (Å²) in [6.07, 6.45) is 0. The Balaban J connectivity index is 2.43. The van der Waals surface area contributed by atoms with Gasteiger partial charge in [-0.15, -0.1) is 0 Å². The van der Waals surface area contributed by atoms with Crippen molar-refractivity contribution in [1.82, 2.24) is 0 Å². The zero-order valence-corrected chi connectivity index (χ0v) is 14.7. The van der Waals surface area contributed by atoms with Crippen LogP contribution in [0.15, 0.2) is 18.2 Å². The summed E-state index contributed by atoms with van der Waals surface area (Å²) in [4.78, 5) is 12.8.